The van der Waals surface area contributed by atoms with Crippen molar-refractivity contribution in [2.24, 2.45) is 5.84 Å². The summed E-state index contributed by atoms with van der Waals surface area (Å²) >= 11 is 0. The molecule has 3 amide bonds. The van der Waals surface area contributed by atoms with Gasteiger partial charge in [0, 0.05) is 12.6 Å². The van der Waals surface area contributed by atoms with Crippen LogP contribution in [-0.4, -0.2) is 41.2 Å². The van der Waals surface area contributed by atoms with Gasteiger partial charge < -0.3 is 0 Å². The third-order valence-electron chi connectivity index (χ3n) is 2.52. The molecule has 0 fully saturated rings. The Morgan fingerprint density at radius 3 is 2.50 bits per heavy atom. The average Bonchev–Trinajstić information content (AvgIpc) is 2.49. The molecular formula is C14H16N3O3. The molecule has 0 bridgehead atoms. The third kappa shape index (κ3) is 4.33. The summed E-state index contributed by atoms with van der Waals surface area (Å²) in [4.78, 5) is 34.9. The molecule has 6 heteroatoms. The van der Waals surface area contributed by atoms with Gasteiger partial charge in [-0.05, 0) is 18.6 Å². The SMILES string of the molecule is CCN(N)C(=O)N(C[C]=O)C(=O)C=Cc1ccccc1. The standard InChI is InChI=1S/C14H16N3O3/c1-2-17(15)14(20)16(10-11-18)13(19)9-8-12-6-4-3-5-7-12/h3-9H,2,10,15H2,1H3. The number of urea groups is 1. The number of hydrazine groups is 1. The number of nitrogens with two attached hydrogens (primary N) is 1. The van der Waals surface area contributed by atoms with Crippen LogP contribution in [0, 0.1) is 0 Å². The number of nitrogens with zero attached hydrogens (tertiary/aromatic N) is 2. The highest BCUT2D eigenvalue weighted by Gasteiger charge is 2.22. The van der Waals surface area contributed by atoms with Crippen molar-refractivity contribution < 1.29 is 14.4 Å². The van der Waals surface area contributed by atoms with E-state index in [1.54, 1.807) is 13.0 Å². The number of benzene rings is 1. The van der Waals surface area contributed by atoms with Crippen LogP contribution >= 0.6 is 0 Å². The molecule has 0 atom stereocenters. The molecule has 105 valence electrons. The molecule has 1 rings (SSSR count). The lowest BCUT2D eigenvalue weighted by Gasteiger charge is -2.22. The van der Waals surface area contributed by atoms with Gasteiger partial charge in [-0.25, -0.2) is 10.6 Å². The quantitative estimate of drug-likeness (QED) is 0.375. The summed E-state index contributed by atoms with van der Waals surface area (Å²) in [5.41, 5.74) is 0.809. The predicted molar refractivity (Wildman–Crippen MR) is 74.8 cm³/mol. The van der Waals surface area contributed by atoms with Crippen molar-refractivity contribution >= 4 is 24.3 Å². The van der Waals surface area contributed by atoms with Gasteiger partial charge in [-0.15, -0.1) is 0 Å². The Bertz CT molecular complexity index is 500. The first-order chi connectivity index (χ1) is 9.60. The fourth-order valence-corrected chi connectivity index (χ4v) is 1.42. The Morgan fingerprint density at radius 2 is 1.95 bits per heavy atom. The molecule has 0 aliphatic rings. The smallest absolute Gasteiger partial charge is 0.289 e. The third-order valence-corrected chi connectivity index (χ3v) is 2.52. The first-order valence-electron chi connectivity index (χ1n) is 6.06. The Hall–Kier alpha value is -2.47. The largest absolute Gasteiger partial charge is 0.341 e. The topological polar surface area (TPSA) is 83.7 Å². The van der Waals surface area contributed by atoms with E-state index in [1.165, 1.54) is 12.4 Å². The lowest BCUT2D eigenvalue weighted by molar-refractivity contribution is -0.123. The number of carbonyl (C=O) groups is 2. The van der Waals surface area contributed by atoms with Crippen LogP contribution in [0.15, 0.2) is 36.4 Å². The molecular weight excluding hydrogens is 258 g/mol. The van der Waals surface area contributed by atoms with E-state index in [4.69, 9.17) is 5.84 Å². The lowest BCUT2D eigenvalue weighted by atomic mass is 10.2. The van der Waals surface area contributed by atoms with Crippen molar-refractivity contribution in [1.29, 1.82) is 0 Å². The van der Waals surface area contributed by atoms with Crippen molar-refractivity contribution in [2.45, 2.75) is 6.92 Å². The zero-order valence-corrected chi connectivity index (χ0v) is 11.2. The van der Waals surface area contributed by atoms with Gasteiger partial charge in [0.2, 0.25) is 6.29 Å². The molecule has 0 heterocycles. The number of amides is 3. The minimum absolute atomic E-state index is 0.226. The number of hydrogen-bond donors (Lipinski definition) is 1. The van der Waals surface area contributed by atoms with Gasteiger partial charge in [0.25, 0.3) is 5.91 Å². The van der Waals surface area contributed by atoms with Crippen molar-refractivity contribution in [1.82, 2.24) is 9.91 Å². The monoisotopic (exact) mass is 274 g/mol. The van der Waals surface area contributed by atoms with Crippen LogP contribution in [0.3, 0.4) is 0 Å². The molecule has 0 spiro atoms. The molecule has 0 saturated carbocycles. The first-order valence-corrected chi connectivity index (χ1v) is 6.06. The number of carbonyl (C=O) groups excluding carboxylic acids is 3. The van der Waals surface area contributed by atoms with Crippen molar-refractivity contribution in [3.63, 3.8) is 0 Å². The zero-order valence-electron chi connectivity index (χ0n) is 11.2. The second-order valence-electron chi connectivity index (χ2n) is 3.88. The van der Waals surface area contributed by atoms with Crippen LogP contribution in [0.1, 0.15) is 12.5 Å². The molecule has 0 aromatic heterocycles. The van der Waals surface area contributed by atoms with Crippen LogP contribution in [0.25, 0.3) is 6.08 Å². The maximum absolute atomic E-state index is 11.9. The van der Waals surface area contributed by atoms with Gasteiger partial charge >= 0.3 is 6.03 Å². The second kappa shape index (κ2) is 7.85. The van der Waals surface area contributed by atoms with E-state index in [0.29, 0.717) is 0 Å². The van der Waals surface area contributed by atoms with Crippen LogP contribution in [-0.2, 0) is 9.59 Å². The summed E-state index contributed by atoms with van der Waals surface area (Å²) < 4.78 is 0. The summed E-state index contributed by atoms with van der Waals surface area (Å²) in [6, 6.07) is 8.38. The van der Waals surface area contributed by atoms with Gasteiger partial charge in [-0.1, -0.05) is 30.3 Å². The van der Waals surface area contributed by atoms with Crippen molar-refractivity contribution in [3.05, 3.63) is 42.0 Å². The molecule has 0 unspecified atom stereocenters. The average molecular weight is 274 g/mol. The first kappa shape index (κ1) is 15.6. The van der Waals surface area contributed by atoms with Crippen molar-refractivity contribution in [3.8, 4) is 0 Å². The predicted octanol–water partition coefficient (Wildman–Crippen LogP) is 0.954. The second-order valence-corrected chi connectivity index (χ2v) is 3.88. The minimum atomic E-state index is -0.737. The lowest BCUT2D eigenvalue weighted by Crippen LogP contribution is -2.49. The molecule has 6 nitrogen and oxygen atoms in total. The van der Waals surface area contributed by atoms with Gasteiger partial charge in [-0.2, -0.15) is 0 Å². The van der Waals surface area contributed by atoms with Gasteiger partial charge in [0.05, 0.1) is 6.54 Å². The van der Waals surface area contributed by atoms with Gasteiger partial charge in [0.15, 0.2) is 0 Å². The molecule has 1 aromatic rings. The summed E-state index contributed by atoms with van der Waals surface area (Å²) in [5.74, 6) is 4.81. The van der Waals surface area contributed by atoms with E-state index >= 15 is 0 Å². The van der Waals surface area contributed by atoms with Crippen molar-refractivity contribution in [2.75, 3.05) is 13.1 Å². The molecule has 20 heavy (non-hydrogen) atoms. The highest BCUT2D eigenvalue weighted by atomic mass is 16.2. The fourth-order valence-electron chi connectivity index (χ4n) is 1.42. The Balaban J connectivity index is 2.81. The minimum Gasteiger partial charge on any atom is -0.289 e. The maximum Gasteiger partial charge on any atom is 0.341 e. The van der Waals surface area contributed by atoms with Crippen LogP contribution in [0.2, 0.25) is 0 Å². The maximum atomic E-state index is 11.9. The fraction of sp³-hybridized carbons (Fsp3) is 0.214. The highest BCUT2D eigenvalue weighted by molar-refractivity contribution is 6.03. The normalized spacial score (nSPS) is 10.3. The Labute approximate surface area is 117 Å². The molecule has 0 saturated heterocycles. The Morgan fingerprint density at radius 1 is 1.30 bits per heavy atom. The summed E-state index contributed by atoms with van der Waals surface area (Å²) in [6.45, 7) is 1.43. The number of imide groups is 1. The summed E-state index contributed by atoms with van der Waals surface area (Å²) in [7, 11) is 0. The molecule has 1 radical (unpaired) electrons. The zero-order chi connectivity index (χ0) is 15.0. The van der Waals surface area contributed by atoms with Gasteiger partial charge in [0.1, 0.15) is 0 Å². The highest BCUT2D eigenvalue weighted by Crippen LogP contribution is 2.03. The van der Waals surface area contributed by atoms with Crippen LogP contribution in [0.5, 0.6) is 0 Å². The molecule has 0 aliphatic carbocycles. The van der Waals surface area contributed by atoms with E-state index in [2.05, 4.69) is 0 Å². The Kier molecular flexibility index (Phi) is 6.12. The van der Waals surface area contributed by atoms with E-state index in [0.717, 1.165) is 15.5 Å². The summed E-state index contributed by atoms with van der Waals surface area (Å²) in [6.07, 6.45) is 4.30. The number of rotatable bonds is 5. The summed E-state index contributed by atoms with van der Waals surface area (Å²) in [5, 5.41) is 0.853. The van der Waals surface area contributed by atoms with Crippen LogP contribution < -0.4 is 5.84 Å². The van der Waals surface area contributed by atoms with Gasteiger partial charge in [-0.3, -0.25) is 19.5 Å². The molecule has 2 N–H and O–H groups in total. The van der Waals surface area contributed by atoms with Crippen LogP contribution in [0.4, 0.5) is 4.79 Å². The van der Waals surface area contributed by atoms with E-state index in [1.807, 2.05) is 30.3 Å². The number of hydrogen-bond acceptors (Lipinski definition) is 4. The van der Waals surface area contributed by atoms with E-state index in [-0.39, 0.29) is 6.54 Å². The molecule has 1 aromatic carbocycles. The molecule has 0 aliphatic heterocycles. The van der Waals surface area contributed by atoms with E-state index in [9.17, 15) is 14.4 Å². The van der Waals surface area contributed by atoms with E-state index < -0.39 is 18.5 Å².